The molecular formula is C29H28N6O5S. The Kier molecular flexibility index (Phi) is 6.70. The molecule has 2 aliphatic heterocycles. The summed E-state index contributed by atoms with van der Waals surface area (Å²) in [7, 11) is -1.91. The maximum absolute atomic E-state index is 13.4. The molecule has 3 aromatic heterocycles. The lowest BCUT2D eigenvalue weighted by atomic mass is 10.1. The fourth-order valence-electron chi connectivity index (χ4n) is 5.26. The number of carbonyl (C=O) groups excluding carboxylic acids is 1. The Balaban J connectivity index is 1.21. The Hall–Kier alpha value is -4.71. The molecule has 0 saturated heterocycles. The number of benzene rings is 1. The van der Waals surface area contributed by atoms with E-state index in [-0.39, 0.29) is 24.8 Å². The standard InChI is InChI=1S/C29H28N6O5S/c1-3-34-27-22(29(36)32(2)25-9-5-12-30-28(25)34)15-20(16-31-27)11-14-40-26-10-4-8-24-23(26)19-41(38,39)35(24)18-21-7-6-13-33(37)17-21/h4-10,12-13,15-17H,3,11,14,18-19H2,1-2H3. The highest BCUT2D eigenvalue weighted by molar-refractivity contribution is 7.92. The van der Waals surface area contributed by atoms with E-state index in [0.29, 0.717) is 63.1 Å². The molecule has 41 heavy (non-hydrogen) atoms. The van der Waals surface area contributed by atoms with Crippen LogP contribution in [-0.4, -0.2) is 44.5 Å². The van der Waals surface area contributed by atoms with E-state index in [1.165, 1.54) is 16.7 Å². The third-order valence-corrected chi connectivity index (χ3v) is 8.91. The molecule has 0 bridgehead atoms. The van der Waals surface area contributed by atoms with Crippen molar-refractivity contribution in [3.05, 3.63) is 101 Å². The van der Waals surface area contributed by atoms with Crippen molar-refractivity contribution in [2.45, 2.75) is 25.6 Å². The smallest absolute Gasteiger partial charge is 0.261 e. The lowest BCUT2D eigenvalue weighted by molar-refractivity contribution is -0.605. The van der Waals surface area contributed by atoms with Crippen LogP contribution in [0.25, 0.3) is 0 Å². The molecule has 4 aromatic rings. The molecule has 210 valence electrons. The summed E-state index contributed by atoms with van der Waals surface area (Å²) in [5.41, 5.74) is 3.71. The van der Waals surface area contributed by atoms with Gasteiger partial charge in [-0.2, -0.15) is 4.73 Å². The molecule has 0 saturated carbocycles. The highest BCUT2D eigenvalue weighted by Gasteiger charge is 2.36. The summed E-state index contributed by atoms with van der Waals surface area (Å²) in [5.74, 6) is 1.35. The maximum Gasteiger partial charge on any atom is 0.261 e. The molecule has 0 radical (unpaired) electrons. The number of anilines is 4. The first kappa shape index (κ1) is 26.5. The van der Waals surface area contributed by atoms with Crippen LogP contribution in [0, 0.1) is 5.21 Å². The molecule has 2 aliphatic rings. The van der Waals surface area contributed by atoms with Gasteiger partial charge < -0.3 is 19.7 Å². The molecule has 0 atom stereocenters. The van der Waals surface area contributed by atoms with Gasteiger partial charge in [-0.3, -0.25) is 9.10 Å². The summed E-state index contributed by atoms with van der Waals surface area (Å²) >= 11 is 0. The number of fused-ring (bicyclic) bond motifs is 3. The van der Waals surface area contributed by atoms with Crippen LogP contribution in [0.5, 0.6) is 5.75 Å². The molecule has 5 heterocycles. The molecule has 0 aliphatic carbocycles. The predicted molar refractivity (Wildman–Crippen MR) is 154 cm³/mol. The molecule has 0 N–H and O–H groups in total. The van der Waals surface area contributed by atoms with Gasteiger partial charge in [-0.05, 0) is 48.9 Å². The number of hydrogen-bond donors (Lipinski definition) is 0. The number of sulfonamides is 1. The molecule has 12 heteroatoms. The zero-order valence-corrected chi connectivity index (χ0v) is 23.4. The van der Waals surface area contributed by atoms with Crippen LogP contribution in [0.1, 0.15) is 34.0 Å². The Morgan fingerprint density at radius 2 is 1.88 bits per heavy atom. The highest BCUT2D eigenvalue weighted by atomic mass is 32.2. The fraction of sp³-hybridized carbons (Fsp3) is 0.241. The van der Waals surface area contributed by atoms with E-state index in [1.807, 2.05) is 24.0 Å². The van der Waals surface area contributed by atoms with Crippen molar-refractivity contribution >= 4 is 38.9 Å². The van der Waals surface area contributed by atoms with E-state index in [2.05, 4.69) is 9.97 Å². The molecule has 0 spiro atoms. The largest absolute Gasteiger partial charge is 0.619 e. The normalized spacial score (nSPS) is 15.3. The first-order chi connectivity index (χ1) is 19.8. The third kappa shape index (κ3) is 4.80. The van der Waals surface area contributed by atoms with Gasteiger partial charge in [0.15, 0.2) is 18.2 Å². The van der Waals surface area contributed by atoms with Crippen LogP contribution in [0.15, 0.2) is 73.3 Å². The molecular weight excluding hydrogens is 544 g/mol. The Bertz CT molecular complexity index is 1760. The number of pyridine rings is 3. The predicted octanol–water partition coefficient (Wildman–Crippen LogP) is 3.33. The molecule has 1 aromatic carbocycles. The van der Waals surface area contributed by atoms with Gasteiger partial charge in [-0.15, -0.1) is 0 Å². The lowest BCUT2D eigenvalue weighted by Crippen LogP contribution is -2.29. The monoisotopic (exact) mass is 572 g/mol. The second kappa shape index (κ2) is 10.4. The van der Waals surface area contributed by atoms with Crippen LogP contribution < -0.4 is 23.6 Å². The van der Waals surface area contributed by atoms with Crippen LogP contribution in [0.2, 0.25) is 0 Å². The summed E-state index contributed by atoms with van der Waals surface area (Å²) in [4.78, 5) is 26.1. The van der Waals surface area contributed by atoms with Gasteiger partial charge in [0.1, 0.15) is 17.3 Å². The van der Waals surface area contributed by atoms with Gasteiger partial charge in [0.25, 0.3) is 5.91 Å². The van der Waals surface area contributed by atoms with Crippen molar-refractivity contribution in [3.8, 4) is 5.75 Å². The summed E-state index contributed by atoms with van der Waals surface area (Å²) < 4.78 is 34.1. The van der Waals surface area contributed by atoms with Crippen LogP contribution >= 0.6 is 0 Å². The van der Waals surface area contributed by atoms with Gasteiger partial charge in [0, 0.05) is 49.6 Å². The van der Waals surface area contributed by atoms with Gasteiger partial charge in [0.2, 0.25) is 10.0 Å². The van der Waals surface area contributed by atoms with Crippen molar-refractivity contribution in [2.75, 3.05) is 34.3 Å². The number of amides is 1. The van der Waals surface area contributed by atoms with Crippen molar-refractivity contribution in [3.63, 3.8) is 0 Å². The average molecular weight is 573 g/mol. The van der Waals surface area contributed by atoms with Gasteiger partial charge in [0.05, 0.1) is 30.1 Å². The molecule has 6 rings (SSSR count). The highest BCUT2D eigenvalue weighted by Crippen LogP contribution is 2.40. The van der Waals surface area contributed by atoms with Crippen LogP contribution in [-0.2, 0) is 28.7 Å². The minimum Gasteiger partial charge on any atom is -0.619 e. The second-order valence-electron chi connectivity index (χ2n) is 9.86. The molecule has 1 amide bonds. The quantitative estimate of drug-likeness (QED) is 0.244. The zero-order valence-electron chi connectivity index (χ0n) is 22.6. The average Bonchev–Trinajstić information content (AvgIpc) is 3.18. The van der Waals surface area contributed by atoms with E-state index in [0.717, 1.165) is 5.56 Å². The first-order valence-electron chi connectivity index (χ1n) is 13.2. The SMILES string of the molecule is CCN1c2ncc(CCOc3cccc4c3CS(=O)(=O)N4Cc3ccc[n+]([O-])c3)cc2C(=O)N(C)c2cccnc21. The third-order valence-electron chi connectivity index (χ3n) is 7.26. The number of ether oxygens (including phenoxy) is 1. The molecule has 0 unspecified atom stereocenters. The van der Waals surface area contributed by atoms with E-state index in [1.54, 1.807) is 60.7 Å². The number of rotatable bonds is 7. The van der Waals surface area contributed by atoms with Gasteiger partial charge in [-0.1, -0.05) is 6.07 Å². The topological polar surface area (TPSA) is 123 Å². The Labute approximate surface area is 237 Å². The van der Waals surface area contributed by atoms with Crippen molar-refractivity contribution < 1.29 is 22.7 Å². The minimum atomic E-state index is -3.63. The fourth-order valence-corrected chi connectivity index (χ4v) is 6.89. The summed E-state index contributed by atoms with van der Waals surface area (Å²) in [5, 5.41) is 11.7. The van der Waals surface area contributed by atoms with E-state index in [4.69, 9.17) is 4.74 Å². The van der Waals surface area contributed by atoms with Crippen molar-refractivity contribution in [1.82, 2.24) is 9.97 Å². The van der Waals surface area contributed by atoms with E-state index in [9.17, 15) is 18.4 Å². The summed E-state index contributed by atoms with van der Waals surface area (Å²) in [6.45, 7) is 2.89. The Morgan fingerprint density at radius 1 is 1.05 bits per heavy atom. The van der Waals surface area contributed by atoms with Crippen molar-refractivity contribution in [2.24, 2.45) is 0 Å². The van der Waals surface area contributed by atoms with E-state index < -0.39 is 10.0 Å². The molecule has 0 fully saturated rings. The van der Waals surface area contributed by atoms with Crippen LogP contribution in [0.4, 0.5) is 23.0 Å². The number of nitrogens with zero attached hydrogens (tertiary/aromatic N) is 6. The summed E-state index contributed by atoms with van der Waals surface area (Å²) in [6, 6.07) is 14.1. The number of carbonyl (C=O) groups is 1. The lowest BCUT2D eigenvalue weighted by Gasteiger charge is -2.22. The minimum absolute atomic E-state index is 0.0549. The molecule has 11 nitrogen and oxygen atoms in total. The number of aromatic nitrogens is 3. The van der Waals surface area contributed by atoms with Crippen LogP contribution in [0.3, 0.4) is 0 Å². The second-order valence-corrected chi connectivity index (χ2v) is 11.7. The van der Waals surface area contributed by atoms with Gasteiger partial charge in [-0.25, -0.2) is 18.4 Å². The summed E-state index contributed by atoms with van der Waals surface area (Å²) in [6.07, 6.45) is 6.61. The van der Waals surface area contributed by atoms with Gasteiger partial charge >= 0.3 is 0 Å². The first-order valence-corrected chi connectivity index (χ1v) is 14.8. The maximum atomic E-state index is 13.4. The Morgan fingerprint density at radius 3 is 2.68 bits per heavy atom. The zero-order chi connectivity index (χ0) is 28.7. The van der Waals surface area contributed by atoms with Crippen molar-refractivity contribution in [1.29, 1.82) is 0 Å². The van der Waals surface area contributed by atoms with E-state index >= 15 is 0 Å². The number of hydrogen-bond acceptors (Lipinski definition) is 8.